The van der Waals surface area contributed by atoms with E-state index in [1.165, 1.54) is 11.4 Å². The number of sulfonamides is 1. The summed E-state index contributed by atoms with van der Waals surface area (Å²) in [5.74, 6) is -0.463. The van der Waals surface area contributed by atoms with Gasteiger partial charge in [0.2, 0.25) is 10.0 Å². The van der Waals surface area contributed by atoms with Gasteiger partial charge in [-0.1, -0.05) is 0 Å². The van der Waals surface area contributed by atoms with Crippen LogP contribution in [-0.4, -0.2) is 44.6 Å². The zero-order chi connectivity index (χ0) is 10.8. The maximum absolute atomic E-state index is 11.3. The third-order valence-electron chi connectivity index (χ3n) is 2.35. The topological polar surface area (TPSA) is 63.7 Å². The van der Waals surface area contributed by atoms with Crippen LogP contribution in [0.2, 0.25) is 0 Å². The number of nitrogens with zero attached hydrogens (tertiary/aromatic N) is 1. The molecule has 5 nitrogen and oxygen atoms in total. The van der Waals surface area contributed by atoms with Crippen LogP contribution in [-0.2, 0) is 19.6 Å². The highest BCUT2D eigenvalue weighted by molar-refractivity contribution is 7.88. The Bertz CT molecular complexity index is 311. The van der Waals surface area contributed by atoms with Crippen LogP contribution in [0.3, 0.4) is 0 Å². The average Bonchev–Trinajstić information content (AvgIpc) is 2.15. The summed E-state index contributed by atoms with van der Waals surface area (Å²) in [6, 6.07) is -0.622. The highest BCUT2D eigenvalue weighted by Gasteiger charge is 2.34. The van der Waals surface area contributed by atoms with Crippen LogP contribution in [0.25, 0.3) is 0 Å². The second kappa shape index (κ2) is 4.27. The van der Waals surface area contributed by atoms with E-state index in [1.54, 1.807) is 0 Å². The monoisotopic (exact) mass is 221 g/mol. The molecule has 1 fully saturated rings. The fraction of sp³-hybridized carbons (Fsp3) is 0.875. The summed E-state index contributed by atoms with van der Waals surface area (Å²) in [6.45, 7) is 0.415. The van der Waals surface area contributed by atoms with Gasteiger partial charge in [0.15, 0.2) is 0 Å². The second-order valence-electron chi connectivity index (χ2n) is 3.41. The van der Waals surface area contributed by atoms with E-state index in [0.29, 0.717) is 13.0 Å². The molecule has 0 aromatic heterocycles. The third-order valence-corrected chi connectivity index (χ3v) is 3.64. The summed E-state index contributed by atoms with van der Waals surface area (Å²) in [4.78, 5) is 11.3. The summed E-state index contributed by atoms with van der Waals surface area (Å²) in [6.07, 6.45) is 3.35. The summed E-state index contributed by atoms with van der Waals surface area (Å²) in [5, 5.41) is 0. The number of esters is 1. The van der Waals surface area contributed by atoms with E-state index in [0.717, 1.165) is 19.1 Å². The van der Waals surface area contributed by atoms with Crippen molar-refractivity contribution in [1.29, 1.82) is 0 Å². The van der Waals surface area contributed by atoms with Crippen LogP contribution in [0.4, 0.5) is 0 Å². The first-order valence-electron chi connectivity index (χ1n) is 4.51. The Kier molecular flexibility index (Phi) is 3.49. The molecule has 1 aliphatic heterocycles. The molecular weight excluding hydrogens is 206 g/mol. The van der Waals surface area contributed by atoms with Crippen LogP contribution in [0.15, 0.2) is 0 Å². The molecule has 1 rings (SSSR count). The van der Waals surface area contributed by atoms with Crippen molar-refractivity contribution in [3.8, 4) is 0 Å². The Hall–Kier alpha value is -0.620. The highest BCUT2D eigenvalue weighted by Crippen LogP contribution is 2.20. The lowest BCUT2D eigenvalue weighted by molar-refractivity contribution is -0.146. The summed E-state index contributed by atoms with van der Waals surface area (Å²) >= 11 is 0. The number of carbonyl (C=O) groups excluding carboxylic acids is 1. The molecular formula is C8H15NO4S. The minimum atomic E-state index is -3.30. The van der Waals surface area contributed by atoms with Gasteiger partial charge >= 0.3 is 5.97 Å². The van der Waals surface area contributed by atoms with E-state index in [4.69, 9.17) is 0 Å². The van der Waals surface area contributed by atoms with Crippen LogP contribution in [0.1, 0.15) is 19.3 Å². The van der Waals surface area contributed by atoms with Gasteiger partial charge in [0.1, 0.15) is 6.04 Å². The minimum Gasteiger partial charge on any atom is -0.468 e. The summed E-state index contributed by atoms with van der Waals surface area (Å²) < 4.78 is 28.5. The molecule has 0 amide bonds. The number of hydrogen-bond acceptors (Lipinski definition) is 4. The number of methoxy groups -OCH3 is 1. The fourth-order valence-corrected chi connectivity index (χ4v) is 2.79. The lowest BCUT2D eigenvalue weighted by Gasteiger charge is -2.31. The molecule has 0 N–H and O–H groups in total. The van der Waals surface area contributed by atoms with Crippen LogP contribution in [0, 0.1) is 0 Å². The van der Waals surface area contributed by atoms with Crippen molar-refractivity contribution in [2.24, 2.45) is 0 Å². The van der Waals surface area contributed by atoms with Crippen LogP contribution in [0.5, 0.6) is 0 Å². The fourth-order valence-electron chi connectivity index (χ4n) is 1.67. The number of rotatable bonds is 2. The van der Waals surface area contributed by atoms with Gasteiger partial charge in [-0.25, -0.2) is 8.42 Å². The maximum atomic E-state index is 11.3. The minimum absolute atomic E-state index is 0.415. The van der Waals surface area contributed by atoms with E-state index >= 15 is 0 Å². The molecule has 0 spiro atoms. The Morgan fingerprint density at radius 2 is 2.07 bits per heavy atom. The molecule has 0 aromatic rings. The zero-order valence-corrected chi connectivity index (χ0v) is 9.21. The van der Waals surface area contributed by atoms with Crippen molar-refractivity contribution >= 4 is 16.0 Å². The van der Waals surface area contributed by atoms with Gasteiger partial charge in [-0.3, -0.25) is 4.79 Å². The maximum Gasteiger partial charge on any atom is 0.324 e. The molecule has 14 heavy (non-hydrogen) atoms. The van der Waals surface area contributed by atoms with E-state index < -0.39 is 22.0 Å². The Labute approximate surface area is 84.1 Å². The molecule has 0 radical (unpaired) electrons. The Morgan fingerprint density at radius 1 is 1.43 bits per heavy atom. The Morgan fingerprint density at radius 3 is 2.57 bits per heavy atom. The zero-order valence-electron chi connectivity index (χ0n) is 8.39. The predicted molar refractivity (Wildman–Crippen MR) is 51.2 cm³/mol. The first kappa shape index (κ1) is 11.5. The molecule has 1 aliphatic rings. The van der Waals surface area contributed by atoms with E-state index in [9.17, 15) is 13.2 Å². The first-order valence-corrected chi connectivity index (χ1v) is 6.36. The molecule has 1 atom stereocenters. The molecule has 0 unspecified atom stereocenters. The lowest BCUT2D eigenvalue weighted by atomic mass is 10.1. The van der Waals surface area contributed by atoms with Crippen molar-refractivity contribution in [3.63, 3.8) is 0 Å². The number of ether oxygens (including phenoxy) is 1. The summed E-state index contributed by atoms with van der Waals surface area (Å²) in [5.41, 5.74) is 0. The first-order chi connectivity index (χ1) is 6.46. The lowest BCUT2D eigenvalue weighted by Crippen LogP contribution is -2.47. The van der Waals surface area contributed by atoms with Crippen LogP contribution >= 0.6 is 0 Å². The predicted octanol–water partition coefficient (Wildman–Crippen LogP) is -0.0265. The highest BCUT2D eigenvalue weighted by atomic mass is 32.2. The number of hydrogen-bond donors (Lipinski definition) is 0. The molecule has 0 bridgehead atoms. The number of carbonyl (C=O) groups is 1. The summed E-state index contributed by atoms with van der Waals surface area (Å²) in [7, 11) is -2.02. The molecule has 0 saturated carbocycles. The quantitative estimate of drug-likeness (QED) is 0.614. The average molecular weight is 221 g/mol. The van der Waals surface area contributed by atoms with E-state index in [2.05, 4.69) is 4.74 Å². The van der Waals surface area contributed by atoms with Gasteiger partial charge in [-0.2, -0.15) is 4.31 Å². The smallest absolute Gasteiger partial charge is 0.324 e. The normalized spacial score (nSPS) is 24.6. The van der Waals surface area contributed by atoms with Gasteiger partial charge in [0, 0.05) is 6.54 Å². The van der Waals surface area contributed by atoms with E-state index in [1.807, 2.05) is 0 Å². The van der Waals surface area contributed by atoms with Crippen molar-refractivity contribution in [2.75, 3.05) is 19.9 Å². The van der Waals surface area contributed by atoms with Crippen molar-refractivity contribution < 1.29 is 17.9 Å². The molecule has 1 saturated heterocycles. The number of piperidine rings is 1. The second-order valence-corrected chi connectivity index (χ2v) is 5.34. The molecule has 1 heterocycles. The van der Waals surface area contributed by atoms with Gasteiger partial charge in [-0.15, -0.1) is 0 Å². The van der Waals surface area contributed by atoms with E-state index in [-0.39, 0.29) is 0 Å². The van der Waals surface area contributed by atoms with Gasteiger partial charge in [0.05, 0.1) is 13.4 Å². The third kappa shape index (κ3) is 2.45. The van der Waals surface area contributed by atoms with Gasteiger partial charge in [-0.05, 0) is 19.3 Å². The van der Waals surface area contributed by atoms with Crippen molar-refractivity contribution in [2.45, 2.75) is 25.3 Å². The molecule has 0 aliphatic carbocycles. The Balaban J connectivity index is 2.85. The largest absolute Gasteiger partial charge is 0.468 e. The van der Waals surface area contributed by atoms with Crippen LogP contribution < -0.4 is 0 Å². The molecule has 0 aromatic carbocycles. The molecule has 82 valence electrons. The SMILES string of the molecule is COC(=O)[C@H]1CCCCN1S(C)(=O)=O. The van der Waals surface area contributed by atoms with Gasteiger partial charge < -0.3 is 4.74 Å². The molecule has 6 heteroatoms. The van der Waals surface area contributed by atoms with Gasteiger partial charge in [0.25, 0.3) is 0 Å². The van der Waals surface area contributed by atoms with Crippen molar-refractivity contribution in [1.82, 2.24) is 4.31 Å². The standard InChI is InChI=1S/C8H15NO4S/c1-13-8(10)7-5-3-4-6-9(7)14(2,11)12/h7H,3-6H2,1-2H3/t7-/m1/s1. The van der Waals surface area contributed by atoms with Crippen molar-refractivity contribution in [3.05, 3.63) is 0 Å².